The second-order valence-electron chi connectivity index (χ2n) is 8.46. The van der Waals surface area contributed by atoms with E-state index in [-0.39, 0.29) is 27.0 Å². The maximum Gasteiger partial charge on any atom is 0.338 e. The van der Waals surface area contributed by atoms with Crippen LogP contribution in [-0.2, 0) is 14.3 Å². The lowest BCUT2D eigenvalue weighted by Gasteiger charge is -2.16. The molecule has 1 aliphatic heterocycles. The predicted molar refractivity (Wildman–Crippen MR) is 151 cm³/mol. The molecule has 3 aromatic rings. The number of rotatable bonds is 9. The number of ether oxygens (including phenoxy) is 1. The van der Waals surface area contributed by atoms with Crippen LogP contribution in [0.5, 0.6) is 0 Å². The molecule has 0 saturated carbocycles. The molecule has 3 amide bonds. The molecule has 0 atom stereocenters. The molecule has 0 aromatic heterocycles. The summed E-state index contributed by atoms with van der Waals surface area (Å²) in [6, 6.07) is 17.0. The van der Waals surface area contributed by atoms with Crippen LogP contribution in [0, 0.1) is 0 Å². The fourth-order valence-electron chi connectivity index (χ4n) is 3.70. The number of halogens is 3. The molecule has 200 valence electrons. The van der Waals surface area contributed by atoms with Crippen molar-refractivity contribution in [3.63, 3.8) is 0 Å². The maximum atomic E-state index is 13.1. The van der Waals surface area contributed by atoms with Crippen LogP contribution < -0.4 is 15.5 Å². The fourth-order valence-corrected chi connectivity index (χ4v) is 4.40. The monoisotopic (exact) mass is 585 g/mol. The molecular formula is C28H22Cl3N3O5. The lowest BCUT2D eigenvalue weighted by Crippen LogP contribution is -2.32. The lowest BCUT2D eigenvalue weighted by molar-refractivity contribution is -0.120. The topological polar surface area (TPSA) is 105 Å². The Labute approximate surface area is 239 Å². The number of hydrogen-bond donors (Lipinski definition) is 2. The molecule has 1 heterocycles. The molecular weight excluding hydrogens is 565 g/mol. The zero-order valence-electron chi connectivity index (χ0n) is 20.6. The Morgan fingerprint density at radius 2 is 1.56 bits per heavy atom. The predicted octanol–water partition coefficient (Wildman–Crippen LogP) is 6.64. The lowest BCUT2D eigenvalue weighted by atomic mass is 10.1. The Hall–Kier alpha value is -3.85. The molecule has 0 aliphatic carbocycles. The maximum absolute atomic E-state index is 13.1. The first-order valence-electron chi connectivity index (χ1n) is 11.9. The molecule has 0 fully saturated rings. The molecule has 0 radical (unpaired) electrons. The first kappa shape index (κ1) is 28.2. The van der Waals surface area contributed by atoms with E-state index in [4.69, 9.17) is 39.5 Å². The summed E-state index contributed by atoms with van der Waals surface area (Å²) >= 11 is 18.3. The van der Waals surface area contributed by atoms with E-state index in [1.165, 1.54) is 30.3 Å². The molecule has 1 aliphatic rings. The van der Waals surface area contributed by atoms with E-state index in [2.05, 4.69) is 10.6 Å². The summed E-state index contributed by atoms with van der Waals surface area (Å²) in [4.78, 5) is 51.9. The van der Waals surface area contributed by atoms with Gasteiger partial charge in [-0.15, -0.1) is 0 Å². The molecule has 11 heteroatoms. The van der Waals surface area contributed by atoms with Gasteiger partial charge in [-0.05, 0) is 61.0 Å². The van der Waals surface area contributed by atoms with E-state index >= 15 is 0 Å². The van der Waals surface area contributed by atoms with Crippen molar-refractivity contribution in [2.24, 2.45) is 0 Å². The first-order valence-corrected chi connectivity index (χ1v) is 13.0. The van der Waals surface area contributed by atoms with Crippen molar-refractivity contribution in [3.05, 3.63) is 98.6 Å². The summed E-state index contributed by atoms with van der Waals surface area (Å²) < 4.78 is 5.22. The zero-order valence-corrected chi connectivity index (χ0v) is 22.9. The number of imide groups is 1. The Balaban J connectivity index is 1.48. The summed E-state index contributed by atoms with van der Waals surface area (Å²) in [5.41, 5.74) is 1.28. The van der Waals surface area contributed by atoms with E-state index in [0.717, 1.165) is 17.7 Å². The Bertz CT molecular complexity index is 1510. The van der Waals surface area contributed by atoms with Gasteiger partial charge in [-0.25, -0.2) is 9.69 Å². The van der Waals surface area contributed by atoms with E-state index in [1.807, 2.05) is 6.92 Å². The fraction of sp³-hybridized carbons (Fsp3) is 0.143. The minimum atomic E-state index is -0.754. The van der Waals surface area contributed by atoms with Gasteiger partial charge >= 0.3 is 5.97 Å². The van der Waals surface area contributed by atoms with E-state index in [0.29, 0.717) is 28.6 Å². The molecule has 4 rings (SSSR count). The van der Waals surface area contributed by atoms with Crippen LogP contribution in [0.2, 0.25) is 10.0 Å². The minimum Gasteiger partial charge on any atom is -0.462 e. The molecule has 0 saturated heterocycles. The second kappa shape index (κ2) is 12.3. The SMILES string of the molecule is CCCCOC(=O)c1cccc(NC(=O)c2cccc(NC3=C(Cl)C(=O)N(c4ccc(Cl)cc4Cl)C3=O)c2)c1. The van der Waals surface area contributed by atoms with Crippen LogP contribution >= 0.6 is 34.8 Å². The third-order valence-electron chi connectivity index (χ3n) is 5.66. The highest BCUT2D eigenvalue weighted by molar-refractivity contribution is 6.54. The quantitative estimate of drug-likeness (QED) is 0.165. The van der Waals surface area contributed by atoms with E-state index in [1.54, 1.807) is 36.4 Å². The van der Waals surface area contributed by atoms with Gasteiger partial charge in [-0.2, -0.15) is 0 Å². The largest absolute Gasteiger partial charge is 0.462 e. The Morgan fingerprint density at radius 1 is 0.872 bits per heavy atom. The molecule has 0 unspecified atom stereocenters. The van der Waals surface area contributed by atoms with Gasteiger partial charge in [0.25, 0.3) is 17.7 Å². The zero-order chi connectivity index (χ0) is 28.1. The normalized spacial score (nSPS) is 13.1. The van der Waals surface area contributed by atoms with Gasteiger partial charge < -0.3 is 15.4 Å². The molecule has 0 bridgehead atoms. The first-order chi connectivity index (χ1) is 18.7. The number of benzene rings is 3. The third kappa shape index (κ3) is 6.42. The highest BCUT2D eigenvalue weighted by atomic mass is 35.5. The number of carbonyl (C=O) groups is 4. The van der Waals surface area contributed by atoms with Crippen molar-refractivity contribution in [1.29, 1.82) is 0 Å². The average molecular weight is 587 g/mol. The van der Waals surface area contributed by atoms with Crippen LogP contribution in [0.15, 0.2) is 77.5 Å². The van der Waals surface area contributed by atoms with Gasteiger partial charge in [0.1, 0.15) is 10.7 Å². The molecule has 2 N–H and O–H groups in total. The van der Waals surface area contributed by atoms with Gasteiger partial charge in [0.05, 0.1) is 22.9 Å². The van der Waals surface area contributed by atoms with Crippen molar-refractivity contribution in [2.45, 2.75) is 19.8 Å². The van der Waals surface area contributed by atoms with E-state index < -0.39 is 23.7 Å². The number of nitrogens with one attached hydrogen (secondary N) is 2. The van der Waals surface area contributed by atoms with Gasteiger partial charge in [-0.1, -0.05) is 60.3 Å². The number of unbranched alkanes of at least 4 members (excludes halogenated alkanes) is 1. The standard InChI is InChI=1S/C28H22Cl3N3O5/c1-2-3-12-39-28(38)17-7-5-9-20(14-17)33-25(35)16-6-4-8-19(13-16)32-24-23(31)26(36)34(27(24)37)22-11-10-18(29)15-21(22)30/h4-11,13-15,32H,2-3,12H2,1H3,(H,33,35). The van der Waals surface area contributed by atoms with Gasteiger partial charge in [-0.3, -0.25) is 14.4 Å². The van der Waals surface area contributed by atoms with Crippen LogP contribution in [0.1, 0.15) is 40.5 Å². The highest BCUT2D eigenvalue weighted by Crippen LogP contribution is 2.35. The van der Waals surface area contributed by atoms with Crippen LogP contribution in [0.3, 0.4) is 0 Å². The summed E-state index contributed by atoms with van der Waals surface area (Å²) in [5, 5.41) is 5.69. The highest BCUT2D eigenvalue weighted by Gasteiger charge is 2.39. The molecule has 8 nitrogen and oxygen atoms in total. The van der Waals surface area contributed by atoms with Crippen molar-refractivity contribution in [1.82, 2.24) is 0 Å². The number of hydrogen-bond acceptors (Lipinski definition) is 6. The summed E-state index contributed by atoms with van der Waals surface area (Å²) in [6.45, 7) is 2.32. The van der Waals surface area contributed by atoms with Gasteiger partial charge in [0.2, 0.25) is 0 Å². The summed E-state index contributed by atoms with van der Waals surface area (Å²) in [6.07, 6.45) is 1.67. The minimum absolute atomic E-state index is 0.104. The second-order valence-corrected chi connectivity index (χ2v) is 9.68. The molecule has 0 spiro atoms. The number of carbonyl (C=O) groups excluding carboxylic acids is 4. The van der Waals surface area contributed by atoms with Crippen LogP contribution in [0.4, 0.5) is 17.1 Å². The van der Waals surface area contributed by atoms with Crippen LogP contribution in [-0.4, -0.2) is 30.3 Å². The molecule has 39 heavy (non-hydrogen) atoms. The smallest absolute Gasteiger partial charge is 0.338 e. The number of nitrogens with zero attached hydrogens (tertiary/aromatic N) is 1. The summed E-state index contributed by atoms with van der Waals surface area (Å²) in [7, 11) is 0. The average Bonchev–Trinajstić information content (AvgIpc) is 3.12. The summed E-state index contributed by atoms with van der Waals surface area (Å²) in [5.74, 6) is -2.40. The Kier molecular flexibility index (Phi) is 8.91. The van der Waals surface area contributed by atoms with Crippen molar-refractivity contribution in [3.8, 4) is 0 Å². The van der Waals surface area contributed by atoms with E-state index in [9.17, 15) is 19.2 Å². The van der Waals surface area contributed by atoms with Gasteiger partial charge in [0.15, 0.2) is 0 Å². The number of anilines is 3. The molecule has 3 aromatic carbocycles. The van der Waals surface area contributed by atoms with Crippen molar-refractivity contribution >= 4 is 75.6 Å². The van der Waals surface area contributed by atoms with Crippen molar-refractivity contribution < 1.29 is 23.9 Å². The van der Waals surface area contributed by atoms with Crippen LogP contribution in [0.25, 0.3) is 0 Å². The number of amides is 3. The third-order valence-corrected chi connectivity index (χ3v) is 6.55. The van der Waals surface area contributed by atoms with Crippen molar-refractivity contribution in [2.75, 3.05) is 22.1 Å². The number of esters is 1. The van der Waals surface area contributed by atoms with Gasteiger partial charge in [0, 0.05) is 22.0 Å². The Morgan fingerprint density at radius 3 is 2.28 bits per heavy atom.